The molecule has 8 aromatic carbocycles. The molecule has 12 aromatic rings. The average molecular weight is 828 g/mol. The van der Waals surface area contributed by atoms with Crippen molar-refractivity contribution in [3.63, 3.8) is 0 Å². The van der Waals surface area contributed by atoms with Crippen LogP contribution in [0.2, 0.25) is 0 Å². The van der Waals surface area contributed by atoms with Crippen molar-refractivity contribution in [3.8, 4) is 0 Å². The van der Waals surface area contributed by atoms with Crippen molar-refractivity contribution in [2.75, 3.05) is 9.80 Å². The summed E-state index contributed by atoms with van der Waals surface area (Å²) in [6.45, 7) is 10.5. The number of para-hydroxylation sites is 4. The Bertz CT molecular complexity index is 3760. The Labute approximate surface area is 371 Å². The zero-order valence-corrected chi connectivity index (χ0v) is 36.1. The van der Waals surface area contributed by atoms with E-state index in [0.717, 1.165) is 129 Å². The van der Waals surface area contributed by atoms with Crippen molar-refractivity contribution in [1.82, 2.24) is 4.40 Å². The summed E-state index contributed by atoms with van der Waals surface area (Å²) in [5.41, 5.74) is 15.7. The summed E-state index contributed by atoms with van der Waals surface area (Å²) >= 11 is 0. The van der Waals surface area contributed by atoms with E-state index in [4.69, 9.17) is 8.83 Å². The Balaban J connectivity index is 1.31. The fourth-order valence-corrected chi connectivity index (χ4v) is 10.1. The molecule has 0 bridgehead atoms. The molecule has 0 saturated carbocycles. The maximum absolute atomic E-state index is 7.08. The van der Waals surface area contributed by atoms with Gasteiger partial charge in [-0.3, -0.25) is 0 Å². The summed E-state index contributed by atoms with van der Waals surface area (Å²) in [7, 11) is 0. The molecule has 0 amide bonds. The molecule has 12 rings (SSSR count). The molecule has 4 aromatic heterocycles. The molecular weight excluding hydrogens is 783 g/mol. The third kappa shape index (κ3) is 5.57. The molecule has 0 fully saturated rings. The molecule has 0 aliphatic carbocycles. The van der Waals surface area contributed by atoms with Crippen molar-refractivity contribution >= 4 is 111 Å². The monoisotopic (exact) mass is 827 g/mol. The maximum Gasteiger partial charge on any atom is 0.160 e. The Morgan fingerprint density at radius 2 is 0.984 bits per heavy atom. The minimum Gasteiger partial charge on any atom is -0.458 e. The van der Waals surface area contributed by atoms with Crippen LogP contribution in [0.4, 0.5) is 34.1 Å². The highest BCUT2D eigenvalue weighted by Gasteiger charge is 2.31. The van der Waals surface area contributed by atoms with Crippen molar-refractivity contribution < 1.29 is 8.83 Å². The van der Waals surface area contributed by atoms with Crippen LogP contribution >= 0.6 is 0 Å². The van der Waals surface area contributed by atoms with E-state index < -0.39 is 0 Å². The number of furan rings is 2. The van der Waals surface area contributed by atoms with Gasteiger partial charge in [-0.05, 0) is 97.6 Å². The van der Waals surface area contributed by atoms with Crippen LogP contribution < -0.4 is 9.80 Å². The zero-order valence-electron chi connectivity index (χ0n) is 36.1. The number of fused-ring (bicyclic) bond motifs is 12. The minimum atomic E-state index is 0.828. The lowest BCUT2D eigenvalue weighted by molar-refractivity contribution is 0.579. The number of allylic oxidation sites excluding steroid dienone is 2. The predicted molar refractivity (Wildman–Crippen MR) is 270 cm³/mol. The largest absolute Gasteiger partial charge is 0.458 e. The summed E-state index contributed by atoms with van der Waals surface area (Å²) in [6, 6.07) is 59.3. The smallest absolute Gasteiger partial charge is 0.160 e. The first-order valence-electron chi connectivity index (χ1n) is 22.3. The zero-order chi connectivity index (χ0) is 43.1. The molecule has 308 valence electrons. The molecular formula is C59H45N3O2. The van der Waals surface area contributed by atoms with Crippen LogP contribution in [0.15, 0.2) is 191 Å². The van der Waals surface area contributed by atoms with E-state index in [1.807, 2.05) is 12.2 Å². The predicted octanol–water partition coefficient (Wildman–Crippen LogP) is 17.1. The number of hydrogen-bond donors (Lipinski definition) is 0. The van der Waals surface area contributed by atoms with Crippen molar-refractivity contribution in [1.29, 1.82) is 0 Å². The fourth-order valence-electron chi connectivity index (χ4n) is 10.1. The average Bonchev–Trinajstić information content (AvgIpc) is 4.09. The van der Waals surface area contributed by atoms with Crippen molar-refractivity contribution in [2.45, 2.75) is 33.6 Å². The number of hydrogen-bond acceptors (Lipinski definition) is 4. The van der Waals surface area contributed by atoms with Crippen LogP contribution in [-0.2, 0) is 12.8 Å². The Kier molecular flexibility index (Phi) is 8.73. The number of benzene rings is 8. The number of aryl methyl sites for hydroxylation is 3. The highest BCUT2D eigenvalue weighted by Crippen LogP contribution is 2.54. The number of nitrogens with zero attached hydrogens (tertiary/aromatic N) is 3. The molecule has 0 unspecified atom stereocenters. The Morgan fingerprint density at radius 1 is 0.500 bits per heavy atom. The quantitative estimate of drug-likeness (QED) is 0.129. The minimum absolute atomic E-state index is 0.828. The van der Waals surface area contributed by atoms with Crippen LogP contribution in [0.25, 0.3) is 77.1 Å². The van der Waals surface area contributed by atoms with E-state index in [1.54, 1.807) is 0 Å². The summed E-state index contributed by atoms with van der Waals surface area (Å²) in [5.74, 6) is 0.843. The van der Waals surface area contributed by atoms with E-state index >= 15 is 0 Å². The summed E-state index contributed by atoms with van der Waals surface area (Å²) in [6.07, 6.45) is 7.88. The second-order valence-electron chi connectivity index (χ2n) is 16.7. The Hall–Kier alpha value is -8.02. The molecule has 5 nitrogen and oxygen atoms in total. The molecule has 0 radical (unpaired) electrons. The highest BCUT2D eigenvalue weighted by atomic mass is 16.3. The molecule has 4 heterocycles. The summed E-state index contributed by atoms with van der Waals surface area (Å²) < 4.78 is 16.6. The van der Waals surface area contributed by atoms with Gasteiger partial charge in [0.2, 0.25) is 0 Å². The van der Waals surface area contributed by atoms with Gasteiger partial charge >= 0.3 is 0 Å². The molecule has 0 aliphatic rings. The van der Waals surface area contributed by atoms with Crippen LogP contribution in [0.5, 0.6) is 0 Å². The van der Waals surface area contributed by atoms with E-state index in [-0.39, 0.29) is 0 Å². The molecule has 0 saturated heterocycles. The Morgan fingerprint density at radius 3 is 1.53 bits per heavy atom. The van der Waals surface area contributed by atoms with Crippen LogP contribution in [0.1, 0.15) is 36.3 Å². The number of rotatable bonds is 10. The second-order valence-corrected chi connectivity index (χ2v) is 16.7. The SMILES string of the molecule is C=C/C=C\c1c(C)oc2c1cc(N(c1ccccc1)c1ccc(CC)cc1)c1c3cccc4c5c(N(c6ccccc6)c6ccc(CC)cc6)cc6c7ccccc7oc6c5n(c34)c21. The third-order valence-corrected chi connectivity index (χ3v) is 13.1. The summed E-state index contributed by atoms with van der Waals surface area (Å²) in [4.78, 5) is 4.83. The number of anilines is 6. The second kappa shape index (κ2) is 14.8. The van der Waals surface area contributed by atoms with E-state index in [9.17, 15) is 0 Å². The first-order valence-corrected chi connectivity index (χ1v) is 22.3. The molecule has 64 heavy (non-hydrogen) atoms. The van der Waals surface area contributed by atoms with Gasteiger partial charge in [-0.15, -0.1) is 0 Å². The first kappa shape index (κ1) is 37.7. The van der Waals surface area contributed by atoms with Gasteiger partial charge in [0, 0.05) is 66.0 Å². The fraction of sp³-hybridized carbons (Fsp3) is 0.0847. The van der Waals surface area contributed by atoms with Gasteiger partial charge < -0.3 is 23.0 Å². The number of aromatic nitrogens is 1. The van der Waals surface area contributed by atoms with Gasteiger partial charge in [-0.25, -0.2) is 0 Å². The molecule has 0 N–H and O–H groups in total. The van der Waals surface area contributed by atoms with E-state index in [2.05, 4.69) is 211 Å². The van der Waals surface area contributed by atoms with Crippen LogP contribution in [0.3, 0.4) is 0 Å². The first-order chi connectivity index (χ1) is 31.6. The molecule has 0 spiro atoms. The topological polar surface area (TPSA) is 37.2 Å². The van der Waals surface area contributed by atoms with Gasteiger partial charge in [0.15, 0.2) is 11.2 Å². The standard InChI is InChI=1S/C59H45N3O2/c1-5-8-22-44-37(4)63-58-48(44)35-50(60(40-18-11-9-12-19-40)42-31-27-38(6-2)28-32-42)53-46-24-17-25-47-54-51(61(41-20-13-10-14-21-41)43-33-29-39(7-3)30-34-43)36-49-45-23-15-16-26-52(45)64-59(49)57(54)62(55(46)47)56(53)58/h5,8-36H,1,6-7H2,2-4H3/b22-8-. The van der Waals surface area contributed by atoms with Gasteiger partial charge in [-0.1, -0.05) is 136 Å². The van der Waals surface area contributed by atoms with Gasteiger partial charge in [-0.2, -0.15) is 0 Å². The van der Waals surface area contributed by atoms with Crippen molar-refractivity contribution in [2.24, 2.45) is 0 Å². The van der Waals surface area contributed by atoms with Gasteiger partial charge in [0.05, 0.1) is 16.9 Å². The maximum atomic E-state index is 7.08. The van der Waals surface area contributed by atoms with E-state index in [0.29, 0.717) is 0 Å². The molecule has 0 atom stereocenters. The van der Waals surface area contributed by atoms with E-state index in [1.165, 1.54) is 11.1 Å². The summed E-state index contributed by atoms with van der Waals surface area (Å²) in [5, 5.41) is 7.65. The lowest BCUT2D eigenvalue weighted by Crippen LogP contribution is -2.11. The molecule has 0 aliphatic heterocycles. The van der Waals surface area contributed by atoms with Crippen molar-refractivity contribution in [3.05, 3.63) is 205 Å². The van der Waals surface area contributed by atoms with Crippen LogP contribution in [-0.4, -0.2) is 4.40 Å². The van der Waals surface area contributed by atoms with Gasteiger partial charge in [0.25, 0.3) is 0 Å². The van der Waals surface area contributed by atoms with Crippen LogP contribution in [0, 0.1) is 6.92 Å². The third-order valence-electron chi connectivity index (χ3n) is 13.1. The lowest BCUT2D eigenvalue weighted by atomic mass is 10.00. The highest BCUT2D eigenvalue weighted by molar-refractivity contribution is 6.35. The van der Waals surface area contributed by atoms with Gasteiger partial charge in [0.1, 0.15) is 22.4 Å². The normalized spacial score (nSPS) is 12.1. The molecule has 5 heteroatoms. The lowest BCUT2D eigenvalue weighted by Gasteiger charge is -2.27.